The summed E-state index contributed by atoms with van der Waals surface area (Å²) in [6, 6.07) is 5.79. The molecule has 0 bridgehead atoms. The topological polar surface area (TPSA) is 55.7 Å². The van der Waals surface area contributed by atoms with Crippen LogP contribution in [0.1, 0.15) is 69.4 Å². The molecule has 1 saturated carbocycles. The predicted octanol–water partition coefficient (Wildman–Crippen LogP) is 5.15. The average molecular weight is 391 g/mol. The molecule has 0 radical (unpaired) electrons. The highest BCUT2D eigenvalue weighted by Gasteiger charge is 2.39. The lowest BCUT2D eigenvalue weighted by Crippen LogP contribution is -2.28. The fourth-order valence-corrected chi connectivity index (χ4v) is 4.19. The van der Waals surface area contributed by atoms with Crippen LogP contribution < -0.4 is 0 Å². The molecule has 4 nitrogen and oxygen atoms in total. The molecular weight excluding hydrogens is 367 g/mol. The number of halogens is 3. The molecule has 1 aliphatic carbocycles. The van der Waals surface area contributed by atoms with Crippen molar-refractivity contribution in [1.29, 1.82) is 0 Å². The molecule has 1 atom stereocenters. The van der Waals surface area contributed by atoms with Crippen molar-refractivity contribution in [2.24, 2.45) is 5.16 Å². The lowest BCUT2D eigenvalue weighted by molar-refractivity contribution is -0.0597. The summed E-state index contributed by atoms with van der Waals surface area (Å²) in [6.45, 7) is 3.97. The third-order valence-electron chi connectivity index (χ3n) is 4.83. The van der Waals surface area contributed by atoms with E-state index in [2.05, 4.69) is 9.44 Å². The Morgan fingerprint density at radius 1 is 1.19 bits per heavy atom. The Labute approximate surface area is 152 Å². The van der Waals surface area contributed by atoms with Crippen molar-refractivity contribution in [2.75, 3.05) is 0 Å². The van der Waals surface area contributed by atoms with Crippen molar-refractivity contribution < 1.29 is 25.9 Å². The van der Waals surface area contributed by atoms with Crippen LogP contribution in [0.4, 0.5) is 13.2 Å². The zero-order chi connectivity index (χ0) is 19.4. The first-order valence-corrected chi connectivity index (χ1v) is 10.3. The maximum atomic E-state index is 13.3. The van der Waals surface area contributed by atoms with Gasteiger partial charge in [-0.05, 0) is 30.7 Å². The quantitative estimate of drug-likeness (QED) is 0.498. The first-order valence-electron chi connectivity index (χ1n) is 8.83. The van der Waals surface area contributed by atoms with Gasteiger partial charge < -0.3 is 0 Å². The molecular formula is C18H24F3NO3S. The maximum Gasteiger partial charge on any atom is 0.437 e. The summed E-state index contributed by atoms with van der Waals surface area (Å²) < 4.78 is 68.7. The molecule has 1 aromatic carbocycles. The van der Waals surface area contributed by atoms with E-state index in [-0.39, 0.29) is 11.5 Å². The number of rotatable bonds is 6. The number of benzene rings is 1. The van der Waals surface area contributed by atoms with Crippen LogP contribution in [0.5, 0.6) is 0 Å². The second kappa shape index (κ2) is 8.41. The van der Waals surface area contributed by atoms with Crippen molar-refractivity contribution in [2.45, 2.75) is 69.7 Å². The first-order chi connectivity index (χ1) is 12.1. The van der Waals surface area contributed by atoms with Gasteiger partial charge in [-0.2, -0.15) is 21.6 Å². The molecule has 2 rings (SSSR count). The fourth-order valence-electron chi connectivity index (χ4n) is 2.98. The van der Waals surface area contributed by atoms with Gasteiger partial charge >= 0.3 is 16.3 Å². The van der Waals surface area contributed by atoms with E-state index in [1.54, 1.807) is 12.1 Å². The van der Waals surface area contributed by atoms with E-state index in [0.29, 0.717) is 12.8 Å². The Hall–Kier alpha value is -1.57. The summed E-state index contributed by atoms with van der Waals surface area (Å²) in [5.41, 5.74) is -0.649. The van der Waals surface area contributed by atoms with Gasteiger partial charge in [0.05, 0.1) is 5.25 Å². The first kappa shape index (κ1) is 20.7. The molecule has 26 heavy (non-hydrogen) atoms. The molecule has 146 valence electrons. The highest BCUT2D eigenvalue weighted by molar-refractivity contribution is 7.87. The Balaban J connectivity index is 2.25. The van der Waals surface area contributed by atoms with Gasteiger partial charge in [0.1, 0.15) is 0 Å². The van der Waals surface area contributed by atoms with Gasteiger partial charge in [-0.25, -0.2) is 0 Å². The van der Waals surface area contributed by atoms with Gasteiger partial charge in [0.25, 0.3) is 0 Å². The molecule has 0 spiro atoms. The van der Waals surface area contributed by atoms with E-state index in [1.807, 2.05) is 13.8 Å². The van der Waals surface area contributed by atoms with E-state index >= 15 is 0 Å². The average Bonchev–Trinajstić information content (AvgIpc) is 2.61. The molecule has 0 aromatic heterocycles. The number of nitrogens with zero attached hydrogens (tertiary/aromatic N) is 1. The summed E-state index contributed by atoms with van der Waals surface area (Å²) >= 11 is 0. The standard InChI is InChI=1S/C18H24F3NO3S/c1-3-13(2)14-9-11-15(12-10-14)17(18(19,20)21)22-25-26(23,24)16-7-5-4-6-8-16/h9-13,16H,3-8H2,1-2H3. The number of hydrogen-bond acceptors (Lipinski definition) is 4. The van der Waals surface area contributed by atoms with Crippen LogP contribution in [0.3, 0.4) is 0 Å². The van der Waals surface area contributed by atoms with Gasteiger partial charge in [-0.3, -0.25) is 4.28 Å². The third kappa shape index (κ3) is 5.22. The van der Waals surface area contributed by atoms with E-state index in [0.717, 1.165) is 31.2 Å². The van der Waals surface area contributed by atoms with Gasteiger partial charge in [0.2, 0.25) is 0 Å². The molecule has 1 unspecified atom stereocenters. The lowest BCUT2D eigenvalue weighted by Gasteiger charge is -2.20. The monoisotopic (exact) mass is 391 g/mol. The molecule has 0 saturated heterocycles. The number of alkyl halides is 3. The summed E-state index contributed by atoms with van der Waals surface area (Å²) in [5.74, 6) is 0.221. The van der Waals surface area contributed by atoms with Crippen LogP contribution in [-0.2, 0) is 14.4 Å². The third-order valence-corrected chi connectivity index (χ3v) is 6.40. The van der Waals surface area contributed by atoms with Gasteiger partial charge in [0, 0.05) is 5.56 Å². The van der Waals surface area contributed by atoms with Gasteiger partial charge in [-0.1, -0.05) is 62.5 Å². The highest BCUT2D eigenvalue weighted by atomic mass is 32.2. The van der Waals surface area contributed by atoms with E-state index < -0.39 is 27.3 Å². The highest BCUT2D eigenvalue weighted by Crippen LogP contribution is 2.28. The van der Waals surface area contributed by atoms with E-state index in [1.165, 1.54) is 12.1 Å². The van der Waals surface area contributed by atoms with Crippen LogP contribution >= 0.6 is 0 Å². The second-order valence-corrected chi connectivity index (χ2v) is 8.50. The summed E-state index contributed by atoms with van der Waals surface area (Å²) in [5, 5.41) is 2.22. The summed E-state index contributed by atoms with van der Waals surface area (Å²) in [6.07, 6.45) is -0.806. The Morgan fingerprint density at radius 3 is 2.27 bits per heavy atom. The largest absolute Gasteiger partial charge is 0.437 e. The number of oxime groups is 1. The Morgan fingerprint density at radius 2 is 1.77 bits per heavy atom. The van der Waals surface area contributed by atoms with Crippen LogP contribution in [0.25, 0.3) is 0 Å². The van der Waals surface area contributed by atoms with Crippen LogP contribution in [0, 0.1) is 0 Å². The molecule has 1 fully saturated rings. The molecule has 1 aromatic rings. The van der Waals surface area contributed by atoms with E-state index in [4.69, 9.17) is 0 Å². The van der Waals surface area contributed by atoms with Crippen molar-refractivity contribution in [3.05, 3.63) is 35.4 Å². The fraction of sp³-hybridized carbons (Fsp3) is 0.611. The van der Waals surface area contributed by atoms with Gasteiger partial charge in [0.15, 0.2) is 5.71 Å². The maximum absolute atomic E-state index is 13.3. The van der Waals surface area contributed by atoms with Crippen molar-refractivity contribution in [3.63, 3.8) is 0 Å². The molecule has 1 aliphatic rings. The predicted molar refractivity (Wildman–Crippen MR) is 94.6 cm³/mol. The molecule has 0 N–H and O–H groups in total. The van der Waals surface area contributed by atoms with Crippen LogP contribution in [0.15, 0.2) is 29.4 Å². The van der Waals surface area contributed by atoms with Crippen LogP contribution in [-0.4, -0.2) is 25.6 Å². The van der Waals surface area contributed by atoms with Crippen molar-refractivity contribution in [3.8, 4) is 0 Å². The smallest absolute Gasteiger partial charge is 0.268 e. The van der Waals surface area contributed by atoms with Gasteiger partial charge in [-0.15, -0.1) is 0 Å². The summed E-state index contributed by atoms with van der Waals surface area (Å²) in [4.78, 5) is 0. The second-order valence-electron chi connectivity index (χ2n) is 6.70. The molecule has 0 heterocycles. The van der Waals surface area contributed by atoms with Crippen LogP contribution in [0.2, 0.25) is 0 Å². The number of hydrogen-bond donors (Lipinski definition) is 0. The minimum absolute atomic E-state index is 0.219. The minimum atomic E-state index is -4.82. The Kier molecular flexibility index (Phi) is 6.71. The van der Waals surface area contributed by atoms with Crippen molar-refractivity contribution >= 4 is 15.8 Å². The molecule has 0 aliphatic heterocycles. The lowest BCUT2D eigenvalue weighted by atomic mass is 9.97. The van der Waals surface area contributed by atoms with Crippen molar-refractivity contribution in [1.82, 2.24) is 0 Å². The molecule has 0 amide bonds. The summed E-state index contributed by atoms with van der Waals surface area (Å²) in [7, 11) is -4.16. The normalized spacial score (nSPS) is 18.6. The molecule has 8 heteroatoms. The minimum Gasteiger partial charge on any atom is -0.268 e. The zero-order valence-electron chi connectivity index (χ0n) is 14.9. The zero-order valence-corrected chi connectivity index (χ0v) is 15.7. The SMILES string of the molecule is CCC(C)c1ccc(C(=NOS(=O)(=O)C2CCCCC2)C(F)(F)F)cc1. The van der Waals surface area contributed by atoms with E-state index in [9.17, 15) is 21.6 Å². The Bertz CT molecular complexity index is 721.